The molecular weight excluding hydrogens is 309 g/mol. The molecular formula is C16H19F3N2O2. The lowest BCUT2D eigenvalue weighted by Gasteiger charge is -2.42. The van der Waals surface area contributed by atoms with Gasteiger partial charge >= 0.3 is 6.18 Å². The van der Waals surface area contributed by atoms with Crippen LogP contribution in [-0.2, 0) is 21.3 Å². The fourth-order valence-corrected chi connectivity index (χ4v) is 3.02. The molecule has 7 heteroatoms. The molecule has 0 radical (unpaired) electrons. The van der Waals surface area contributed by atoms with Crippen LogP contribution in [0.3, 0.4) is 0 Å². The fraction of sp³-hybridized carbons (Fsp3) is 0.500. The summed E-state index contributed by atoms with van der Waals surface area (Å²) >= 11 is 0. The van der Waals surface area contributed by atoms with Crippen LogP contribution < -0.4 is 5.32 Å². The minimum atomic E-state index is -4.44. The molecule has 0 saturated carbocycles. The third kappa shape index (κ3) is 3.83. The average Bonchev–Trinajstić information content (AvgIpc) is 2.46. The minimum absolute atomic E-state index is 0.0783. The second-order valence-electron chi connectivity index (χ2n) is 5.85. The van der Waals surface area contributed by atoms with E-state index in [1.807, 2.05) is 0 Å². The van der Waals surface area contributed by atoms with E-state index >= 15 is 0 Å². The first-order valence-electron chi connectivity index (χ1n) is 7.36. The number of halogens is 3. The number of alkyl halides is 3. The van der Waals surface area contributed by atoms with Crippen LogP contribution in [0.5, 0.6) is 0 Å². The number of nitrogens with zero attached hydrogens (tertiary/aromatic N) is 1. The summed E-state index contributed by atoms with van der Waals surface area (Å²) in [6, 6.07) is 5.03. The highest BCUT2D eigenvalue weighted by Gasteiger charge is 2.39. The van der Waals surface area contributed by atoms with Crippen LogP contribution in [0.4, 0.5) is 13.2 Å². The van der Waals surface area contributed by atoms with Gasteiger partial charge in [-0.2, -0.15) is 13.2 Å². The first-order chi connectivity index (χ1) is 10.6. The zero-order valence-electron chi connectivity index (χ0n) is 13.0. The highest BCUT2D eigenvalue weighted by Crippen LogP contribution is 2.37. The highest BCUT2D eigenvalue weighted by atomic mass is 19.4. The normalized spacial score (nSPS) is 17.7. The van der Waals surface area contributed by atoms with Crippen LogP contribution in [-0.4, -0.2) is 29.8 Å². The van der Waals surface area contributed by atoms with Gasteiger partial charge in [-0.05, 0) is 30.5 Å². The third-order valence-electron chi connectivity index (χ3n) is 4.22. The second kappa shape index (κ2) is 6.22. The maximum atomic E-state index is 13.0. The average molecular weight is 328 g/mol. The topological polar surface area (TPSA) is 49.4 Å². The largest absolute Gasteiger partial charge is 0.416 e. The number of amides is 2. The number of benzene rings is 1. The van der Waals surface area contributed by atoms with Crippen molar-refractivity contribution in [3.63, 3.8) is 0 Å². The Labute approximate surface area is 132 Å². The quantitative estimate of drug-likeness (QED) is 0.907. The van der Waals surface area contributed by atoms with E-state index in [4.69, 9.17) is 0 Å². The zero-order valence-corrected chi connectivity index (χ0v) is 13.0. The van der Waals surface area contributed by atoms with Gasteiger partial charge in [-0.15, -0.1) is 0 Å². The van der Waals surface area contributed by atoms with Crippen LogP contribution in [0.25, 0.3) is 0 Å². The van der Waals surface area contributed by atoms with Gasteiger partial charge in [0, 0.05) is 26.9 Å². The number of nitrogens with one attached hydrogen (secondary N) is 1. The molecule has 1 aliphatic heterocycles. The number of piperidine rings is 1. The summed E-state index contributed by atoms with van der Waals surface area (Å²) in [6.07, 6.45) is -3.67. The van der Waals surface area contributed by atoms with E-state index in [1.54, 1.807) is 11.0 Å². The Hall–Kier alpha value is -2.05. The highest BCUT2D eigenvalue weighted by molar-refractivity contribution is 5.75. The summed E-state index contributed by atoms with van der Waals surface area (Å²) in [7, 11) is 0. The molecule has 0 atom stereocenters. The molecule has 126 valence electrons. The summed E-state index contributed by atoms with van der Waals surface area (Å²) in [5.41, 5.74) is -1.20. The Kier molecular flexibility index (Phi) is 4.68. The minimum Gasteiger partial charge on any atom is -0.347 e. The van der Waals surface area contributed by atoms with Crippen molar-refractivity contribution in [2.75, 3.05) is 13.1 Å². The molecule has 0 spiro atoms. The van der Waals surface area contributed by atoms with Gasteiger partial charge in [0.05, 0.1) is 11.1 Å². The first-order valence-corrected chi connectivity index (χ1v) is 7.36. The Morgan fingerprint density at radius 3 is 2.26 bits per heavy atom. The third-order valence-corrected chi connectivity index (χ3v) is 4.22. The standard InChI is InChI=1S/C16H19F3N2O2/c1-11(22)20-15(6-8-21(9-7-15)12(2)23)13-4-3-5-14(10-13)16(17,18)19/h3-5,10H,6-9H2,1-2H3,(H,20,22). The molecule has 1 aromatic carbocycles. The maximum Gasteiger partial charge on any atom is 0.416 e. The Morgan fingerprint density at radius 2 is 1.78 bits per heavy atom. The Balaban J connectivity index is 2.37. The fourth-order valence-electron chi connectivity index (χ4n) is 3.02. The molecule has 0 aromatic heterocycles. The van der Waals surface area contributed by atoms with Crippen LogP contribution >= 0.6 is 0 Å². The van der Waals surface area contributed by atoms with E-state index in [0.717, 1.165) is 12.1 Å². The van der Waals surface area contributed by atoms with E-state index in [1.165, 1.54) is 19.9 Å². The van der Waals surface area contributed by atoms with Crippen molar-refractivity contribution in [2.24, 2.45) is 0 Å². The number of carbonyl (C=O) groups excluding carboxylic acids is 2. The molecule has 4 nitrogen and oxygen atoms in total. The predicted molar refractivity (Wildman–Crippen MR) is 78.4 cm³/mol. The lowest BCUT2D eigenvalue weighted by Crippen LogP contribution is -2.53. The van der Waals surface area contributed by atoms with Crippen molar-refractivity contribution in [3.05, 3.63) is 35.4 Å². The summed E-state index contributed by atoms with van der Waals surface area (Å²) in [5, 5.41) is 2.81. The van der Waals surface area contributed by atoms with Crippen molar-refractivity contribution < 1.29 is 22.8 Å². The number of hydrogen-bond donors (Lipinski definition) is 1. The zero-order chi connectivity index (χ0) is 17.3. The lowest BCUT2D eigenvalue weighted by molar-refractivity contribution is -0.137. The van der Waals surface area contributed by atoms with Crippen molar-refractivity contribution in [3.8, 4) is 0 Å². The van der Waals surface area contributed by atoms with E-state index in [9.17, 15) is 22.8 Å². The van der Waals surface area contributed by atoms with Crippen LogP contribution in [0.1, 0.15) is 37.8 Å². The Morgan fingerprint density at radius 1 is 1.17 bits per heavy atom. The summed E-state index contributed by atoms with van der Waals surface area (Å²) in [4.78, 5) is 24.7. The number of carbonyl (C=O) groups is 2. The van der Waals surface area contributed by atoms with Crippen molar-refractivity contribution in [2.45, 2.75) is 38.4 Å². The van der Waals surface area contributed by atoms with Crippen LogP contribution in [0.2, 0.25) is 0 Å². The predicted octanol–water partition coefficient (Wildman–Crippen LogP) is 2.68. The van der Waals surface area contributed by atoms with Gasteiger partial charge in [-0.1, -0.05) is 12.1 Å². The smallest absolute Gasteiger partial charge is 0.347 e. The van der Waals surface area contributed by atoms with Gasteiger partial charge in [0.1, 0.15) is 0 Å². The Bertz CT molecular complexity index is 606. The van der Waals surface area contributed by atoms with Crippen molar-refractivity contribution in [1.82, 2.24) is 10.2 Å². The molecule has 1 N–H and O–H groups in total. The molecule has 1 aromatic rings. The molecule has 0 bridgehead atoms. The maximum absolute atomic E-state index is 13.0. The van der Waals surface area contributed by atoms with Crippen LogP contribution in [0.15, 0.2) is 24.3 Å². The lowest BCUT2D eigenvalue weighted by atomic mass is 9.80. The summed E-state index contributed by atoms with van der Waals surface area (Å²) in [6.45, 7) is 3.58. The molecule has 1 fully saturated rings. The molecule has 1 heterocycles. The molecule has 1 aliphatic rings. The molecule has 23 heavy (non-hydrogen) atoms. The number of rotatable bonds is 2. The van der Waals surface area contributed by atoms with E-state index < -0.39 is 17.3 Å². The van der Waals surface area contributed by atoms with E-state index in [0.29, 0.717) is 31.5 Å². The molecule has 2 rings (SSSR count). The molecule has 0 aliphatic carbocycles. The molecule has 1 saturated heterocycles. The number of hydrogen-bond acceptors (Lipinski definition) is 2. The summed E-state index contributed by atoms with van der Waals surface area (Å²) < 4.78 is 38.9. The summed E-state index contributed by atoms with van der Waals surface area (Å²) in [5.74, 6) is -0.385. The van der Waals surface area contributed by atoms with Crippen molar-refractivity contribution in [1.29, 1.82) is 0 Å². The number of likely N-dealkylation sites (tertiary alicyclic amines) is 1. The van der Waals surface area contributed by atoms with Gasteiger partial charge in [-0.3, -0.25) is 9.59 Å². The first kappa shape index (κ1) is 17.3. The van der Waals surface area contributed by atoms with Gasteiger partial charge in [0.2, 0.25) is 11.8 Å². The van der Waals surface area contributed by atoms with E-state index in [2.05, 4.69) is 5.32 Å². The van der Waals surface area contributed by atoms with E-state index in [-0.39, 0.29) is 11.8 Å². The van der Waals surface area contributed by atoms with Gasteiger partial charge in [-0.25, -0.2) is 0 Å². The monoisotopic (exact) mass is 328 g/mol. The molecule has 0 unspecified atom stereocenters. The SMILES string of the molecule is CC(=O)NC1(c2cccc(C(F)(F)F)c2)CCN(C(C)=O)CC1. The van der Waals surface area contributed by atoms with Crippen LogP contribution in [0, 0.1) is 0 Å². The van der Waals surface area contributed by atoms with Gasteiger partial charge < -0.3 is 10.2 Å². The molecule has 2 amide bonds. The second-order valence-corrected chi connectivity index (χ2v) is 5.85. The van der Waals surface area contributed by atoms with Gasteiger partial charge in [0.15, 0.2) is 0 Å². The van der Waals surface area contributed by atoms with Crippen molar-refractivity contribution >= 4 is 11.8 Å². The van der Waals surface area contributed by atoms with Gasteiger partial charge in [0.25, 0.3) is 0 Å².